The van der Waals surface area contributed by atoms with Gasteiger partial charge in [-0.25, -0.2) is 4.79 Å². The van der Waals surface area contributed by atoms with Crippen LogP contribution >= 0.6 is 15.9 Å². The molecule has 1 aromatic heterocycles. The van der Waals surface area contributed by atoms with Crippen LogP contribution in [0.3, 0.4) is 0 Å². The summed E-state index contributed by atoms with van der Waals surface area (Å²) in [7, 11) is 0. The van der Waals surface area contributed by atoms with Crippen LogP contribution in [0.4, 0.5) is 10.5 Å². The minimum Gasteiger partial charge on any atom is -0.377 e. The lowest BCUT2D eigenvalue weighted by molar-refractivity contribution is 0.0110. The van der Waals surface area contributed by atoms with Gasteiger partial charge in [0, 0.05) is 23.6 Å². The van der Waals surface area contributed by atoms with Crippen LogP contribution < -0.4 is 5.32 Å². The summed E-state index contributed by atoms with van der Waals surface area (Å²) in [6, 6.07) is 6.84. The Morgan fingerprint density at radius 2 is 2.18 bits per heavy atom. The average Bonchev–Trinajstić information content (AvgIpc) is 2.96. The Kier molecular flexibility index (Phi) is 4.39. The smallest absolute Gasteiger partial charge is 0.322 e. The quantitative estimate of drug-likeness (QED) is 0.883. The van der Waals surface area contributed by atoms with Crippen LogP contribution in [0.15, 0.2) is 33.3 Å². The van der Waals surface area contributed by atoms with E-state index in [-0.39, 0.29) is 12.1 Å². The van der Waals surface area contributed by atoms with Gasteiger partial charge >= 0.3 is 6.03 Å². The van der Waals surface area contributed by atoms with E-state index >= 15 is 0 Å². The number of hydrogen-bond donors (Lipinski definition) is 1. The highest BCUT2D eigenvalue weighted by Gasteiger charge is 2.32. The van der Waals surface area contributed by atoms with E-state index in [9.17, 15) is 4.79 Å². The van der Waals surface area contributed by atoms with E-state index in [1.807, 2.05) is 24.3 Å². The fraction of sp³-hybridized carbons (Fsp3) is 0.357. The zero-order valence-electron chi connectivity index (χ0n) is 12.0. The van der Waals surface area contributed by atoms with Crippen LogP contribution in [-0.2, 0) is 4.74 Å². The number of rotatable bonds is 2. The Hall–Kier alpha value is -1.93. The van der Waals surface area contributed by atoms with Gasteiger partial charge in [-0.15, -0.1) is 0 Å². The molecule has 1 saturated heterocycles. The van der Waals surface area contributed by atoms with Crippen LogP contribution in [0.2, 0.25) is 0 Å². The van der Waals surface area contributed by atoms with Gasteiger partial charge in [-0.2, -0.15) is 4.98 Å². The van der Waals surface area contributed by atoms with E-state index in [1.165, 1.54) is 0 Å². The molecule has 116 valence electrons. The highest BCUT2D eigenvalue weighted by Crippen LogP contribution is 2.23. The molecule has 7 nitrogen and oxygen atoms in total. The lowest BCUT2D eigenvalue weighted by Gasteiger charge is -2.33. The zero-order valence-corrected chi connectivity index (χ0v) is 13.5. The molecule has 0 spiro atoms. The van der Waals surface area contributed by atoms with Crippen molar-refractivity contribution in [1.82, 2.24) is 15.0 Å². The third kappa shape index (κ3) is 3.28. The lowest BCUT2D eigenvalue weighted by atomic mass is 10.2. The SMILES string of the molecule is Cc1nc([C@@H]2COCCN2C(=O)Nc2ccc(Br)cc2)no1. The number of nitrogens with one attached hydrogen (secondary N) is 1. The van der Waals surface area contributed by atoms with Crippen molar-refractivity contribution in [1.29, 1.82) is 0 Å². The Morgan fingerprint density at radius 1 is 1.41 bits per heavy atom. The largest absolute Gasteiger partial charge is 0.377 e. The number of nitrogens with zero attached hydrogens (tertiary/aromatic N) is 3. The molecule has 2 amide bonds. The van der Waals surface area contributed by atoms with Crippen LogP contribution in [0.1, 0.15) is 17.8 Å². The number of carbonyl (C=O) groups is 1. The molecule has 0 aliphatic carbocycles. The third-order valence-corrected chi connectivity index (χ3v) is 3.85. The van der Waals surface area contributed by atoms with Crippen LogP contribution in [0.25, 0.3) is 0 Å². The van der Waals surface area contributed by atoms with Crippen molar-refractivity contribution in [3.05, 3.63) is 40.5 Å². The molecule has 1 atom stereocenters. The molecule has 2 aromatic rings. The second kappa shape index (κ2) is 6.45. The van der Waals surface area contributed by atoms with E-state index in [0.717, 1.165) is 10.2 Å². The van der Waals surface area contributed by atoms with E-state index in [4.69, 9.17) is 9.26 Å². The van der Waals surface area contributed by atoms with Gasteiger partial charge in [0.25, 0.3) is 0 Å². The van der Waals surface area contributed by atoms with Crippen LogP contribution in [0, 0.1) is 6.92 Å². The van der Waals surface area contributed by atoms with Gasteiger partial charge in [-0.3, -0.25) is 0 Å². The van der Waals surface area contributed by atoms with Crippen molar-refractivity contribution in [2.75, 3.05) is 25.1 Å². The summed E-state index contributed by atoms with van der Waals surface area (Å²) in [5.41, 5.74) is 0.725. The minimum absolute atomic E-state index is 0.210. The molecular formula is C14H15BrN4O3. The van der Waals surface area contributed by atoms with E-state index in [1.54, 1.807) is 11.8 Å². The zero-order chi connectivity index (χ0) is 15.5. The number of benzene rings is 1. The first kappa shape index (κ1) is 15.0. The van der Waals surface area contributed by atoms with E-state index in [0.29, 0.717) is 31.5 Å². The highest BCUT2D eigenvalue weighted by atomic mass is 79.9. The van der Waals surface area contributed by atoms with Gasteiger partial charge in [0.05, 0.1) is 13.2 Å². The number of aromatic nitrogens is 2. The van der Waals surface area contributed by atoms with Gasteiger partial charge in [0.1, 0.15) is 6.04 Å². The molecule has 3 rings (SSSR count). The molecule has 1 aromatic carbocycles. The van der Waals surface area contributed by atoms with Gasteiger partial charge in [-0.1, -0.05) is 21.1 Å². The van der Waals surface area contributed by atoms with E-state index < -0.39 is 0 Å². The molecule has 0 saturated carbocycles. The molecule has 22 heavy (non-hydrogen) atoms. The predicted octanol–water partition coefficient (Wildman–Crippen LogP) is 2.75. The molecule has 0 bridgehead atoms. The molecule has 1 fully saturated rings. The number of aryl methyl sites for hydroxylation is 1. The fourth-order valence-corrected chi connectivity index (χ4v) is 2.50. The third-order valence-electron chi connectivity index (χ3n) is 3.33. The van der Waals surface area contributed by atoms with Crippen molar-refractivity contribution in [3.8, 4) is 0 Å². The summed E-state index contributed by atoms with van der Waals surface area (Å²) < 4.78 is 11.4. The number of urea groups is 1. The predicted molar refractivity (Wildman–Crippen MR) is 82.5 cm³/mol. The number of hydrogen-bond acceptors (Lipinski definition) is 5. The number of anilines is 1. The first-order valence-corrected chi connectivity index (χ1v) is 7.64. The molecule has 8 heteroatoms. The van der Waals surface area contributed by atoms with Gasteiger partial charge in [0.2, 0.25) is 5.89 Å². The maximum absolute atomic E-state index is 12.5. The fourth-order valence-electron chi connectivity index (χ4n) is 2.24. The summed E-state index contributed by atoms with van der Waals surface area (Å²) in [5, 5.41) is 6.77. The molecule has 0 unspecified atom stereocenters. The van der Waals surface area contributed by atoms with Crippen molar-refractivity contribution < 1.29 is 14.1 Å². The molecule has 1 aliphatic rings. The monoisotopic (exact) mass is 366 g/mol. The maximum Gasteiger partial charge on any atom is 0.322 e. The van der Waals surface area contributed by atoms with Crippen LogP contribution in [-0.4, -0.2) is 40.8 Å². The second-order valence-electron chi connectivity index (χ2n) is 4.89. The molecule has 0 radical (unpaired) electrons. The van der Waals surface area contributed by atoms with Gasteiger partial charge < -0.3 is 19.5 Å². The lowest BCUT2D eigenvalue weighted by Crippen LogP contribution is -2.45. The number of carbonyl (C=O) groups excluding carboxylic acids is 1. The van der Waals surface area contributed by atoms with Crippen LogP contribution in [0.5, 0.6) is 0 Å². The molecule has 2 heterocycles. The maximum atomic E-state index is 12.5. The summed E-state index contributed by atoms with van der Waals surface area (Å²) >= 11 is 3.36. The standard InChI is InChI=1S/C14H15BrN4O3/c1-9-16-13(18-22-9)12-8-21-7-6-19(12)14(20)17-11-4-2-10(15)3-5-11/h2-5,12H,6-8H2,1H3,(H,17,20)/t12-/m0/s1. The Labute approximate surface area is 135 Å². The Balaban J connectivity index is 1.75. The Bertz CT molecular complexity index is 658. The average molecular weight is 367 g/mol. The van der Waals surface area contributed by atoms with Crippen molar-refractivity contribution >= 4 is 27.6 Å². The van der Waals surface area contributed by atoms with Crippen molar-refractivity contribution in [3.63, 3.8) is 0 Å². The van der Waals surface area contributed by atoms with Gasteiger partial charge in [-0.05, 0) is 24.3 Å². The molecular weight excluding hydrogens is 352 g/mol. The summed E-state index contributed by atoms with van der Waals surface area (Å²) in [5.74, 6) is 0.928. The summed E-state index contributed by atoms with van der Waals surface area (Å²) in [4.78, 5) is 18.4. The first-order chi connectivity index (χ1) is 10.6. The topological polar surface area (TPSA) is 80.5 Å². The van der Waals surface area contributed by atoms with Crippen molar-refractivity contribution in [2.45, 2.75) is 13.0 Å². The summed E-state index contributed by atoms with van der Waals surface area (Å²) in [6.07, 6.45) is 0. The number of ether oxygens (including phenoxy) is 1. The minimum atomic E-state index is -0.346. The second-order valence-corrected chi connectivity index (χ2v) is 5.81. The van der Waals surface area contributed by atoms with E-state index in [2.05, 4.69) is 31.4 Å². The number of halogens is 1. The molecule has 1 N–H and O–H groups in total. The van der Waals surface area contributed by atoms with Crippen molar-refractivity contribution in [2.24, 2.45) is 0 Å². The normalized spacial score (nSPS) is 18.3. The summed E-state index contributed by atoms with van der Waals surface area (Å²) in [6.45, 7) is 3.03. The Morgan fingerprint density at radius 3 is 2.86 bits per heavy atom. The number of morpholine rings is 1. The number of amides is 2. The highest BCUT2D eigenvalue weighted by molar-refractivity contribution is 9.10. The first-order valence-electron chi connectivity index (χ1n) is 6.84. The van der Waals surface area contributed by atoms with Gasteiger partial charge in [0.15, 0.2) is 5.82 Å². The molecule has 1 aliphatic heterocycles.